The molecule has 2 heteroatoms. The lowest BCUT2D eigenvalue weighted by Crippen LogP contribution is -1.78. The van der Waals surface area contributed by atoms with Gasteiger partial charge >= 0.3 is 0 Å². The van der Waals surface area contributed by atoms with Gasteiger partial charge in [-0.05, 0) is 30.7 Å². The Morgan fingerprint density at radius 2 is 2.17 bits per heavy atom. The molecular formula is C10H8Cl2. The van der Waals surface area contributed by atoms with E-state index >= 15 is 0 Å². The van der Waals surface area contributed by atoms with Crippen LogP contribution in [0.5, 0.6) is 0 Å². The summed E-state index contributed by atoms with van der Waals surface area (Å²) in [6.45, 7) is 1.95. The maximum atomic E-state index is 5.84. The molecule has 1 aromatic rings. The maximum absolute atomic E-state index is 5.84. The van der Waals surface area contributed by atoms with Gasteiger partial charge in [0, 0.05) is 10.6 Å². The van der Waals surface area contributed by atoms with Gasteiger partial charge in [-0.2, -0.15) is 0 Å². The van der Waals surface area contributed by atoms with E-state index in [1.54, 1.807) is 0 Å². The molecule has 0 N–H and O–H groups in total. The van der Waals surface area contributed by atoms with Gasteiger partial charge in [-0.15, -0.1) is 11.6 Å². The van der Waals surface area contributed by atoms with Crippen molar-refractivity contribution in [1.29, 1.82) is 0 Å². The van der Waals surface area contributed by atoms with Gasteiger partial charge in [0.1, 0.15) is 0 Å². The highest BCUT2D eigenvalue weighted by molar-refractivity contribution is 6.31. The Balaban J connectivity index is 2.97. The minimum atomic E-state index is 0.363. The zero-order valence-corrected chi connectivity index (χ0v) is 8.21. The van der Waals surface area contributed by atoms with Crippen LogP contribution in [-0.2, 0) is 0 Å². The van der Waals surface area contributed by atoms with Crippen molar-refractivity contribution in [2.75, 3.05) is 5.88 Å². The van der Waals surface area contributed by atoms with Crippen LogP contribution < -0.4 is 0 Å². The third-order valence-electron chi connectivity index (χ3n) is 1.46. The van der Waals surface area contributed by atoms with Crippen LogP contribution in [0.15, 0.2) is 18.2 Å². The molecule has 0 aromatic heterocycles. The Morgan fingerprint density at radius 1 is 1.42 bits per heavy atom. The van der Waals surface area contributed by atoms with Crippen LogP contribution >= 0.6 is 23.2 Å². The summed E-state index contributed by atoms with van der Waals surface area (Å²) in [7, 11) is 0. The molecule has 0 saturated carbocycles. The number of hydrogen-bond acceptors (Lipinski definition) is 0. The molecule has 0 heterocycles. The summed E-state index contributed by atoms with van der Waals surface area (Å²) in [5.41, 5.74) is 2.00. The third kappa shape index (κ3) is 2.44. The number of aryl methyl sites for hydroxylation is 1. The van der Waals surface area contributed by atoms with E-state index in [0.717, 1.165) is 16.1 Å². The molecule has 0 fully saturated rings. The average molecular weight is 199 g/mol. The van der Waals surface area contributed by atoms with E-state index < -0.39 is 0 Å². The Kier molecular flexibility index (Phi) is 3.47. The molecule has 0 spiro atoms. The summed E-state index contributed by atoms with van der Waals surface area (Å²) < 4.78 is 0. The molecule has 0 unspecified atom stereocenters. The molecule has 1 rings (SSSR count). The molecule has 0 amide bonds. The SMILES string of the molecule is Cc1cc(C#CCCl)ccc1Cl. The Morgan fingerprint density at radius 3 is 2.75 bits per heavy atom. The second-order valence-corrected chi connectivity index (χ2v) is 3.07. The molecule has 1 aromatic carbocycles. The largest absolute Gasteiger partial charge is 0.113 e. The lowest BCUT2D eigenvalue weighted by molar-refractivity contribution is 1.45. The summed E-state index contributed by atoms with van der Waals surface area (Å²) in [4.78, 5) is 0. The Labute approximate surface area is 82.5 Å². The quantitative estimate of drug-likeness (QED) is 0.444. The first kappa shape index (κ1) is 9.45. The fourth-order valence-corrected chi connectivity index (χ4v) is 1.04. The Hall–Kier alpha value is -0.640. The molecule has 12 heavy (non-hydrogen) atoms. The first-order valence-electron chi connectivity index (χ1n) is 3.55. The summed E-state index contributed by atoms with van der Waals surface area (Å²) >= 11 is 11.3. The predicted molar refractivity (Wildman–Crippen MR) is 53.8 cm³/mol. The van der Waals surface area contributed by atoms with Gasteiger partial charge in [-0.3, -0.25) is 0 Å². The fraction of sp³-hybridized carbons (Fsp3) is 0.200. The normalized spacial score (nSPS) is 8.92. The summed E-state index contributed by atoms with van der Waals surface area (Å²) in [6, 6.07) is 5.67. The standard InChI is InChI=1S/C10H8Cl2/c1-8-7-9(3-2-6-11)4-5-10(8)12/h4-5,7H,6H2,1H3. The minimum absolute atomic E-state index is 0.363. The Bertz CT molecular complexity index is 331. The van der Waals surface area contributed by atoms with Crippen LogP contribution in [0.2, 0.25) is 5.02 Å². The van der Waals surface area contributed by atoms with Gasteiger partial charge in [0.15, 0.2) is 0 Å². The zero-order chi connectivity index (χ0) is 8.97. The molecule has 62 valence electrons. The lowest BCUT2D eigenvalue weighted by atomic mass is 10.1. The highest BCUT2D eigenvalue weighted by Gasteiger charge is 1.93. The van der Waals surface area contributed by atoms with Crippen LogP contribution in [0.1, 0.15) is 11.1 Å². The lowest BCUT2D eigenvalue weighted by Gasteiger charge is -1.96. The van der Waals surface area contributed by atoms with E-state index in [-0.39, 0.29) is 0 Å². The second-order valence-electron chi connectivity index (χ2n) is 2.40. The van der Waals surface area contributed by atoms with Gasteiger partial charge in [0.2, 0.25) is 0 Å². The van der Waals surface area contributed by atoms with Crippen molar-refractivity contribution in [3.8, 4) is 11.8 Å². The predicted octanol–water partition coefficient (Wildman–Crippen LogP) is 3.24. The number of benzene rings is 1. The molecule has 0 saturated heterocycles. The number of halogens is 2. The number of rotatable bonds is 0. The van der Waals surface area contributed by atoms with Crippen LogP contribution in [0.4, 0.5) is 0 Å². The van der Waals surface area contributed by atoms with E-state index in [9.17, 15) is 0 Å². The van der Waals surface area contributed by atoms with Crippen molar-refractivity contribution in [1.82, 2.24) is 0 Å². The van der Waals surface area contributed by atoms with Gasteiger partial charge < -0.3 is 0 Å². The van der Waals surface area contributed by atoms with Crippen LogP contribution in [0, 0.1) is 18.8 Å². The van der Waals surface area contributed by atoms with Crippen molar-refractivity contribution in [2.24, 2.45) is 0 Å². The van der Waals surface area contributed by atoms with E-state index in [1.165, 1.54) is 0 Å². The van der Waals surface area contributed by atoms with Crippen molar-refractivity contribution in [3.63, 3.8) is 0 Å². The molecular weight excluding hydrogens is 191 g/mol. The maximum Gasteiger partial charge on any atom is 0.0839 e. The zero-order valence-electron chi connectivity index (χ0n) is 6.70. The molecule has 0 aliphatic heterocycles. The van der Waals surface area contributed by atoms with E-state index in [0.29, 0.717) is 5.88 Å². The molecule has 0 aliphatic rings. The van der Waals surface area contributed by atoms with E-state index in [4.69, 9.17) is 23.2 Å². The van der Waals surface area contributed by atoms with Crippen LogP contribution in [0.3, 0.4) is 0 Å². The highest BCUT2D eigenvalue weighted by atomic mass is 35.5. The first-order valence-corrected chi connectivity index (χ1v) is 4.46. The monoisotopic (exact) mass is 198 g/mol. The number of alkyl halides is 1. The molecule has 0 aliphatic carbocycles. The van der Waals surface area contributed by atoms with E-state index in [1.807, 2.05) is 25.1 Å². The van der Waals surface area contributed by atoms with Gasteiger partial charge in [0.25, 0.3) is 0 Å². The summed E-state index contributed by atoms with van der Waals surface area (Å²) in [5, 5.41) is 0.770. The molecule has 0 nitrogen and oxygen atoms in total. The molecule has 0 bridgehead atoms. The molecule has 0 radical (unpaired) electrons. The van der Waals surface area contributed by atoms with E-state index in [2.05, 4.69) is 11.8 Å². The number of hydrogen-bond donors (Lipinski definition) is 0. The van der Waals surface area contributed by atoms with Crippen molar-refractivity contribution >= 4 is 23.2 Å². The van der Waals surface area contributed by atoms with Gasteiger partial charge in [-0.25, -0.2) is 0 Å². The summed E-state index contributed by atoms with van der Waals surface area (Å²) in [5.74, 6) is 6.07. The first-order chi connectivity index (χ1) is 5.74. The average Bonchev–Trinajstić information content (AvgIpc) is 2.07. The van der Waals surface area contributed by atoms with Crippen molar-refractivity contribution < 1.29 is 0 Å². The third-order valence-corrected chi connectivity index (χ3v) is 2.02. The smallest absolute Gasteiger partial charge is 0.0839 e. The van der Waals surface area contributed by atoms with Gasteiger partial charge in [-0.1, -0.05) is 23.4 Å². The van der Waals surface area contributed by atoms with Crippen molar-refractivity contribution in [2.45, 2.75) is 6.92 Å². The second kappa shape index (κ2) is 4.40. The minimum Gasteiger partial charge on any atom is -0.113 e. The highest BCUT2D eigenvalue weighted by Crippen LogP contribution is 2.15. The summed E-state index contributed by atoms with van der Waals surface area (Å²) in [6.07, 6.45) is 0. The topological polar surface area (TPSA) is 0 Å². The van der Waals surface area contributed by atoms with Gasteiger partial charge in [0.05, 0.1) is 5.88 Å². The molecule has 0 atom stereocenters. The van der Waals surface area contributed by atoms with Crippen LogP contribution in [-0.4, -0.2) is 5.88 Å². The fourth-order valence-electron chi connectivity index (χ4n) is 0.858. The van der Waals surface area contributed by atoms with Crippen molar-refractivity contribution in [3.05, 3.63) is 34.3 Å². The van der Waals surface area contributed by atoms with Crippen LogP contribution in [0.25, 0.3) is 0 Å².